The lowest BCUT2D eigenvalue weighted by molar-refractivity contribution is 0.00794. The van der Waals surface area contributed by atoms with Crippen LogP contribution in [0.15, 0.2) is 36.4 Å². The van der Waals surface area contributed by atoms with E-state index in [0.717, 1.165) is 5.69 Å². The van der Waals surface area contributed by atoms with Crippen LogP contribution in [-0.4, -0.2) is 97.0 Å². The molecular weight excluding hydrogens is 471 g/mol. The number of amides is 1. The van der Waals surface area contributed by atoms with Gasteiger partial charge in [0.1, 0.15) is 24.0 Å². The molecule has 3 fully saturated rings. The lowest BCUT2D eigenvalue weighted by Crippen LogP contribution is -2.48. The highest BCUT2D eigenvalue weighted by Gasteiger charge is 2.48. The molecule has 190 valence electrons. The van der Waals surface area contributed by atoms with Crippen LogP contribution < -0.4 is 9.64 Å². The Hall–Kier alpha value is -3.41. The topological polar surface area (TPSA) is 109 Å². The van der Waals surface area contributed by atoms with Crippen molar-refractivity contribution in [2.45, 2.75) is 24.4 Å². The third kappa shape index (κ3) is 4.12. The zero-order valence-electron chi connectivity index (χ0n) is 19.7. The van der Waals surface area contributed by atoms with Gasteiger partial charge in [-0.05, 0) is 12.1 Å². The highest BCUT2D eigenvalue weighted by atomic mass is 19.1. The highest BCUT2D eigenvalue weighted by Crippen LogP contribution is 2.32. The molecule has 3 aliphatic heterocycles. The molecule has 0 aliphatic carbocycles. The fourth-order valence-corrected chi connectivity index (χ4v) is 5.09. The van der Waals surface area contributed by atoms with Crippen LogP contribution in [0.5, 0.6) is 5.88 Å². The molecule has 0 unspecified atom stereocenters. The standard InChI is InChI=1S/C25H27FN4O6/c1-33-25(32)30-8-6-29(7-9-30)15-4-2-14(3-5-15)22-16(26)10-17-18(28-22)11-21(27-17)36-20-13-35-23-19(31)12-34-24(20)23/h2-5,10-11,19-20,23-24,27,31H,6-9,12-13H2,1H3/t19-,20-,23-,24-/m1/s1. The molecule has 0 spiro atoms. The first kappa shape index (κ1) is 23.0. The molecule has 0 radical (unpaired) electrons. The number of rotatable bonds is 4. The van der Waals surface area contributed by atoms with Gasteiger partial charge in [0.25, 0.3) is 0 Å². The number of anilines is 1. The van der Waals surface area contributed by atoms with Gasteiger partial charge in [0, 0.05) is 49.6 Å². The summed E-state index contributed by atoms with van der Waals surface area (Å²) < 4.78 is 37.0. The van der Waals surface area contributed by atoms with Gasteiger partial charge in [0.2, 0.25) is 0 Å². The monoisotopic (exact) mass is 498 g/mol. The van der Waals surface area contributed by atoms with Crippen LogP contribution in [0.25, 0.3) is 22.3 Å². The summed E-state index contributed by atoms with van der Waals surface area (Å²) in [7, 11) is 1.38. The largest absolute Gasteiger partial charge is 0.470 e. The molecule has 10 nitrogen and oxygen atoms in total. The Kier molecular flexibility index (Phi) is 5.90. The molecule has 3 aromatic rings. The van der Waals surface area contributed by atoms with Crippen LogP contribution in [0.3, 0.4) is 0 Å². The second-order valence-electron chi connectivity index (χ2n) is 9.20. The number of benzene rings is 1. The lowest BCUT2D eigenvalue weighted by Gasteiger charge is -2.35. The molecule has 1 amide bonds. The molecule has 0 bridgehead atoms. The lowest BCUT2D eigenvalue weighted by atomic mass is 10.1. The fourth-order valence-electron chi connectivity index (χ4n) is 5.09. The predicted octanol–water partition coefficient (Wildman–Crippen LogP) is 2.16. The molecule has 5 heterocycles. The first-order valence-corrected chi connectivity index (χ1v) is 12.0. The van der Waals surface area contributed by atoms with E-state index in [9.17, 15) is 14.3 Å². The number of aliphatic hydroxyl groups is 1. The maximum atomic E-state index is 15.0. The van der Waals surface area contributed by atoms with E-state index in [1.54, 1.807) is 11.0 Å². The van der Waals surface area contributed by atoms with Crippen LogP contribution >= 0.6 is 0 Å². The van der Waals surface area contributed by atoms with Crippen LogP contribution in [0.1, 0.15) is 0 Å². The summed E-state index contributed by atoms with van der Waals surface area (Å²) in [5.41, 5.74) is 3.01. The predicted molar refractivity (Wildman–Crippen MR) is 128 cm³/mol. The Morgan fingerprint density at radius 1 is 1.11 bits per heavy atom. The maximum absolute atomic E-state index is 15.0. The quantitative estimate of drug-likeness (QED) is 0.564. The van der Waals surface area contributed by atoms with E-state index >= 15 is 0 Å². The highest BCUT2D eigenvalue weighted by molar-refractivity contribution is 5.81. The smallest absolute Gasteiger partial charge is 0.409 e. The minimum atomic E-state index is -0.652. The summed E-state index contributed by atoms with van der Waals surface area (Å²) in [6.45, 7) is 3.08. The average Bonchev–Trinajstić information content (AvgIpc) is 3.60. The van der Waals surface area contributed by atoms with Gasteiger partial charge in [-0.3, -0.25) is 0 Å². The number of aromatic nitrogens is 2. The van der Waals surface area contributed by atoms with Crippen LogP contribution in [0.2, 0.25) is 0 Å². The number of hydrogen-bond donors (Lipinski definition) is 2. The molecule has 2 N–H and O–H groups in total. The van der Waals surface area contributed by atoms with Crippen molar-refractivity contribution >= 4 is 22.8 Å². The minimum absolute atomic E-state index is 0.223. The zero-order valence-corrected chi connectivity index (χ0v) is 19.7. The van der Waals surface area contributed by atoms with E-state index in [1.165, 1.54) is 13.2 Å². The Morgan fingerprint density at radius 3 is 2.61 bits per heavy atom. The number of methoxy groups -OCH3 is 1. The summed E-state index contributed by atoms with van der Waals surface area (Å²) >= 11 is 0. The average molecular weight is 499 g/mol. The van der Waals surface area contributed by atoms with Crippen molar-refractivity contribution in [3.05, 3.63) is 42.2 Å². The number of carbonyl (C=O) groups is 1. The molecule has 3 aliphatic rings. The number of nitrogens with one attached hydrogen (secondary N) is 1. The Labute approximate surface area is 206 Å². The minimum Gasteiger partial charge on any atom is -0.470 e. The van der Waals surface area contributed by atoms with Gasteiger partial charge in [-0.1, -0.05) is 12.1 Å². The molecule has 11 heteroatoms. The van der Waals surface area contributed by atoms with Gasteiger partial charge in [0.15, 0.2) is 17.8 Å². The van der Waals surface area contributed by atoms with Gasteiger partial charge in [-0.25, -0.2) is 14.2 Å². The number of carbonyl (C=O) groups excluding carboxylic acids is 1. The summed E-state index contributed by atoms with van der Waals surface area (Å²) in [5, 5.41) is 9.91. The number of ether oxygens (including phenoxy) is 4. The second-order valence-corrected chi connectivity index (χ2v) is 9.20. The van der Waals surface area contributed by atoms with E-state index in [0.29, 0.717) is 55.3 Å². The van der Waals surface area contributed by atoms with E-state index in [2.05, 4.69) is 14.9 Å². The van der Waals surface area contributed by atoms with Crippen molar-refractivity contribution in [3.8, 4) is 17.1 Å². The number of aromatic amines is 1. The normalized spacial score (nSPS) is 25.9. The number of H-pyrrole nitrogens is 1. The van der Waals surface area contributed by atoms with Gasteiger partial charge in [-0.2, -0.15) is 0 Å². The van der Waals surface area contributed by atoms with Crippen molar-refractivity contribution in [2.24, 2.45) is 0 Å². The van der Waals surface area contributed by atoms with Crippen molar-refractivity contribution in [1.82, 2.24) is 14.9 Å². The fraction of sp³-hybridized carbons (Fsp3) is 0.440. The first-order valence-electron chi connectivity index (χ1n) is 12.0. The van der Waals surface area contributed by atoms with Crippen LogP contribution in [0.4, 0.5) is 14.9 Å². The molecule has 0 saturated carbocycles. The van der Waals surface area contributed by atoms with Crippen molar-refractivity contribution in [2.75, 3.05) is 51.4 Å². The number of nitrogens with zero attached hydrogens (tertiary/aromatic N) is 3. The van der Waals surface area contributed by atoms with E-state index < -0.39 is 11.9 Å². The Bertz CT molecular complexity index is 1260. The van der Waals surface area contributed by atoms with Gasteiger partial charge in [0.05, 0.1) is 31.4 Å². The number of aliphatic hydroxyl groups excluding tert-OH is 1. The van der Waals surface area contributed by atoms with Crippen molar-refractivity contribution in [1.29, 1.82) is 0 Å². The molecule has 3 saturated heterocycles. The Morgan fingerprint density at radius 2 is 1.86 bits per heavy atom. The summed E-state index contributed by atoms with van der Waals surface area (Å²) in [4.78, 5) is 23.1. The number of pyridine rings is 1. The zero-order chi connectivity index (χ0) is 24.8. The maximum Gasteiger partial charge on any atom is 0.409 e. The van der Waals surface area contributed by atoms with E-state index in [1.807, 2.05) is 24.3 Å². The van der Waals surface area contributed by atoms with Crippen LogP contribution in [-0.2, 0) is 14.2 Å². The first-order chi connectivity index (χ1) is 17.5. The summed E-state index contributed by atoms with van der Waals surface area (Å²) in [6.07, 6.45) is -2.06. The number of piperazine rings is 1. The van der Waals surface area contributed by atoms with Crippen molar-refractivity contribution in [3.63, 3.8) is 0 Å². The van der Waals surface area contributed by atoms with E-state index in [-0.39, 0.29) is 36.7 Å². The van der Waals surface area contributed by atoms with Crippen LogP contribution in [0, 0.1) is 5.82 Å². The third-order valence-electron chi connectivity index (χ3n) is 7.01. The van der Waals surface area contributed by atoms with Gasteiger partial charge >= 0.3 is 6.09 Å². The molecule has 6 rings (SSSR count). The molecule has 36 heavy (non-hydrogen) atoms. The summed E-state index contributed by atoms with van der Waals surface area (Å²) in [5.74, 6) is -0.00316. The third-order valence-corrected chi connectivity index (χ3v) is 7.01. The van der Waals surface area contributed by atoms with E-state index in [4.69, 9.17) is 18.9 Å². The molecule has 1 aromatic carbocycles. The Balaban J connectivity index is 1.16. The van der Waals surface area contributed by atoms with Crippen molar-refractivity contribution < 1.29 is 33.2 Å². The van der Waals surface area contributed by atoms with Gasteiger partial charge in [-0.15, -0.1) is 0 Å². The number of hydrogen-bond acceptors (Lipinski definition) is 8. The molecular formula is C25H27FN4O6. The molecule has 4 atom stereocenters. The van der Waals surface area contributed by atoms with Gasteiger partial charge < -0.3 is 38.8 Å². The number of halogens is 1. The second kappa shape index (κ2) is 9.23. The summed E-state index contributed by atoms with van der Waals surface area (Å²) in [6, 6.07) is 10.7. The SMILES string of the molecule is COC(=O)N1CCN(c2ccc(-c3nc4cc(O[C@@H]5CO[C@H]6[C@@H]5OC[C@H]6O)[nH]c4cc3F)cc2)CC1. The molecule has 2 aromatic heterocycles. The number of fused-ring (bicyclic) bond motifs is 2.